The Kier molecular flexibility index (Phi) is 6.16. The minimum absolute atomic E-state index is 0.171. The highest BCUT2D eigenvalue weighted by atomic mass is 28.4. The van der Waals surface area contributed by atoms with E-state index in [1.807, 2.05) is 51.1 Å². The Labute approximate surface area is 117 Å². The molecule has 4 nitrogen and oxygen atoms in total. The largest absolute Gasteiger partial charge is 0.506 e. The van der Waals surface area contributed by atoms with Gasteiger partial charge in [-0.25, -0.2) is 0 Å². The first-order chi connectivity index (χ1) is 8.91. The van der Waals surface area contributed by atoms with Crippen LogP contribution in [0.1, 0.15) is 26.3 Å². The van der Waals surface area contributed by atoms with Crippen molar-refractivity contribution in [2.75, 3.05) is 21.0 Å². The normalized spacial score (nSPS) is 12.7. The van der Waals surface area contributed by atoms with Crippen molar-refractivity contribution in [2.24, 2.45) is 0 Å². The highest BCUT2D eigenvalue weighted by Crippen LogP contribution is 2.16. The van der Waals surface area contributed by atoms with Crippen LogP contribution in [-0.4, -0.2) is 35.4 Å². The minimum atomic E-state index is -2.71. The molecule has 0 heterocycles. The molecule has 108 valence electrons. The van der Waals surface area contributed by atoms with Gasteiger partial charge in [-0.1, -0.05) is 30.3 Å². The summed E-state index contributed by atoms with van der Waals surface area (Å²) in [6, 6.07) is 10.7. The van der Waals surface area contributed by atoms with Crippen LogP contribution in [0.25, 0.3) is 0 Å². The van der Waals surface area contributed by atoms with E-state index in [2.05, 4.69) is 0 Å². The Balaban J connectivity index is 2.63. The van der Waals surface area contributed by atoms with Gasteiger partial charge in [0, 0.05) is 20.3 Å². The van der Waals surface area contributed by atoms with Gasteiger partial charge in [-0.05, 0) is 26.3 Å². The Bertz CT molecular complexity index is 357. The van der Waals surface area contributed by atoms with Gasteiger partial charge in [-0.15, -0.1) is 0 Å². The molecule has 1 rings (SSSR count). The molecule has 1 aromatic rings. The van der Waals surface area contributed by atoms with Gasteiger partial charge in [0.05, 0.1) is 5.60 Å². The summed E-state index contributed by atoms with van der Waals surface area (Å²) >= 11 is 0. The molecular weight excluding hydrogens is 260 g/mol. The quantitative estimate of drug-likeness (QED) is 0.570. The molecule has 0 fully saturated rings. The zero-order chi connectivity index (χ0) is 14.4. The van der Waals surface area contributed by atoms with E-state index in [0.29, 0.717) is 6.04 Å². The van der Waals surface area contributed by atoms with Crippen LogP contribution in [0.15, 0.2) is 30.3 Å². The van der Waals surface area contributed by atoms with Crippen LogP contribution in [0.4, 0.5) is 0 Å². The first kappa shape index (κ1) is 16.3. The predicted octanol–water partition coefficient (Wildman–Crippen LogP) is 2.79. The maximum atomic E-state index is 5.78. The second-order valence-corrected chi connectivity index (χ2v) is 8.10. The molecule has 0 radical (unpaired) electrons. The molecule has 1 aromatic carbocycles. The number of benzene rings is 1. The van der Waals surface area contributed by atoms with Crippen molar-refractivity contribution >= 4 is 8.80 Å². The summed E-state index contributed by atoms with van der Waals surface area (Å²) in [7, 11) is 0.533. The second-order valence-electron chi connectivity index (χ2n) is 5.27. The van der Waals surface area contributed by atoms with Crippen LogP contribution < -0.4 is 0 Å². The summed E-state index contributed by atoms with van der Waals surface area (Å²) in [4.78, 5) is 0. The topological polar surface area (TPSA) is 36.9 Å². The van der Waals surface area contributed by atoms with Crippen molar-refractivity contribution in [2.45, 2.75) is 32.4 Å². The molecule has 0 spiro atoms. The van der Waals surface area contributed by atoms with Crippen molar-refractivity contribution in [3.63, 3.8) is 0 Å². The molecule has 0 atom stereocenters. The summed E-state index contributed by atoms with van der Waals surface area (Å²) in [5.41, 5.74) is 0.891. The standard InChI is InChI=1S/C14H24O4Si/c1-14(2,3)17-12-18-19(15-4,16-5)11-13-9-7-6-8-10-13/h6-10H,11-12H2,1-5H3. The van der Waals surface area contributed by atoms with Gasteiger partial charge in [-0.3, -0.25) is 0 Å². The summed E-state index contributed by atoms with van der Waals surface area (Å²) in [6.45, 7) is 6.12. The van der Waals surface area contributed by atoms with Gasteiger partial charge in [-0.2, -0.15) is 0 Å². The third-order valence-corrected chi connectivity index (χ3v) is 5.30. The van der Waals surface area contributed by atoms with Crippen LogP contribution in [0.2, 0.25) is 0 Å². The lowest BCUT2D eigenvalue weighted by Gasteiger charge is -2.28. The van der Waals surface area contributed by atoms with Gasteiger partial charge in [0.2, 0.25) is 0 Å². The Morgan fingerprint density at radius 3 is 2.05 bits per heavy atom. The molecule has 0 saturated heterocycles. The molecule has 0 aromatic heterocycles. The minimum Gasteiger partial charge on any atom is -0.377 e. The summed E-state index contributed by atoms with van der Waals surface area (Å²) in [5.74, 6) is 0. The van der Waals surface area contributed by atoms with E-state index < -0.39 is 8.80 Å². The fraction of sp³-hybridized carbons (Fsp3) is 0.571. The lowest BCUT2D eigenvalue weighted by atomic mass is 10.2. The van der Waals surface area contributed by atoms with E-state index in [1.165, 1.54) is 0 Å². The molecular formula is C14H24O4Si. The Morgan fingerprint density at radius 2 is 1.58 bits per heavy atom. The lowest BCUT2D eigenvalue weighted by Crippen LogP contribution is -2.47. The maximum absolute atomic E-state index is 5.78. The highest BCUT2D eigenvalue weighted by molar-refractivity contribution is 6.60. The fourth-order valence-corrected chi connectivity index (χ4v) is 3.31. The van der Waals surface area contributed by atoms with Gasteiger partial charge in [0.25, 0.3) is 0 Å². The second kappa shape index (κ2) is 7.16. The van der Waals surface area contributed by atoms with Crippen LogP contribution in [0.3, 0.4) is 0 Å². The van der Waals surface area contributed by atoms with Crippen LogP contribution in [0, 0.1) is 0 Å². The first-order valence-corrected chi connectivity index (χ1v) is 8.26. The smallest absolute Gasteiger partial charge is 0.377 e. The number of rotatable bonds is 7. The molecule has 0 saturated carbocycles. The van der Waals surface area contributed by atoms with E-state index in [-0.39, 0.29) is 12.4 Å². The van der Waals surface area contributed by atoms with E-state index in [1.54, 1.807) is 14.2 Å². The molecule has 0 amide bonds. The van der Waals surface area contributed by atoms with Crippen molar-refractivity contribution in [3.05, 3.63) is 35.9 Å². The summed E-state index contributed by atoms with van der Waals surface area (Å²) in [6.07, 6.45) is 0. The third kappa shape index (κ3) is 5.84. The van der Waals surface area contributed by atoms with Crippen LogP contribution in [-0.2, 0) is 24.1 Å². The number of ether oxygens (including phenoxy) is 1. The van der Waals surface area contributed by atoms with Gasteiger partial charge in [0.15, 0.2) is 0 Å². The molecule has 0 aliphatic carbocycles. The Morgan fingerprint density at radius 1 is 1.00 bits per heavy atom. The molecule has 0 bridgehead atoms. The van der Waals surface area contributed by atoms with E-state index in [9.17, 15) is 0 Å². The van der Waals surface area contributed by atoms with Gasteiger partial charge < -0.3 is 18.0 Å². The molecule has 0 aliphatic rings. The lowest BCUT2D eigenvalue weighted by molar-refractivity contribution is -0.101. The molecule has 0 N–H and O–H groups in total. The number of hydrogen-bond acceptors (Lipinski definition) is 4. The monoisotopic (exact) mass is 284 g/mol. The maximum Gasteiger partial charge on any atom is 0.506 e. The van der Waals surface area contributed by atoms with E-state index >= 15 is 0 Å². The van der Waals surface area contributed by atoms with Gasteiger partial charge in [0.1, 0.15) is 6.79 Å². The van der Waals surface area contributed by atoms with Crippen molar-refractivity contribution < 1.29 is 18.0 Å². The summed E-state index contributed by atoms with van der Waals surface area (Å²) in [5, 5.41) is 0. The van der Waals surface area contributed by atoms with Gasteiger partial charge >= 0.3 is 8.80 Å². The summed E-state index contributed by atoms with van der Waals surface area (Å²) < 4.78 is 22.4. The van der Waals surface area contributed by atoms with Crippen LogP contribution in [0.5, 0.6) is 0 Å². The first-order valence-electron chi connectivity index (χ1n) is 6.33. The highest BCUT2D eigenvalue weighted by Gasteiger charge is 2.39. The third-order valence-electron chi connectivity index (χ3n) is 2.66. The SMILES string of the molecule is CO[Si](Cc1ccccc1)(OC)OCOC(C)(C)C. The average Bonchev–Trinajstić information content (AvgIpc) is 2.37. The van der Waals surface area contributed by atoms with Crippen molar-refractivity contribution in [1.82, 2.24) is 0 Å². The average molecular weight is 284 g/mol. The zero-order valence-electron chi connectivity index (χ0n) is 12.4. The molecule has 5 heteroatoms. The van der Waals surface area contributed by atoms with Crippen molar-refractivity contribution in [3.8, 4) is 0 Å². The molecule has 0 aliphatic heterocycles. The Hall–Kier alpha value is -0.723. The van der Waals surface area contributed by atoms with Crippen molar-refractivity contribution in [1.29, 1.82) is 0 Å². The fourth-order valence-electron chi connectivity index (χ4n) is 1.54. The van der Waals surface area contributed by atoms with E-state index in [0.717, 1.165) is 5.56 Å². The van der Waals surface area contributed by atoms with Crippen LogP contribution >= 0.6 is 0 Å². The molecule has 0 unspecified atom stereocenters. The molecule has 19 heavy (non-hydrogen) atoms. The zero-order valence-corrected chi connectivity index (χ0v) is 13.4. The predicted molar refractivity (Wildman–Crippen MR) is 76.7 cm³/mol. The van der Waals surface area contributed by atoms with E-state index in [4.69, 9.17) is 18.0 Å². The number of hydrogen-bond donors (Lipinski definition) is 0.